The van der Waals surface area contributed by atoms with Crippen molar-refractivity contribution in [2.45, 2.75) is 19.5 Å². The van der Waals surface area contributed by atoms with Crippen molar-refractivity contribution in [1.82, 2.24) is 9.80 Å². The van der Waals surface area contributed by atoms with Gasteiger partial charge in [0.1, 0.15) is 0 Å². The van der Waals surface area contributed by atoms with Crippen molar-refractivity contribution < 1.29 is 9.53 Å². The number of hydrogen-bond acceptors (Lipinski definition) is 3. The Hall–Kier alpha value is -1.69. The highest BCUT2D eigenvalue weighted by Gasteiger charge is 2.24. The van der Waals surface area contributed by atoms with Gasteiger partial charge in [-0.05, 0) is 36.8 Å². The molecule has 0 aliphatic carbocycles. The van der Waals surface area contributed by atoms with Crippen LogP contribution in [0.3, 0.4) is 0 Å². The van der Waals surface area contributed by atoms with Crippen LogP contribution < -0.4 is 0 Å². The van der Waals surface area contributed by atoms with Gasteiger partial charge < -0.3 is 9.64 Å². The van der Waals surface area contributed by atoms with E-state index in [-0.39, 0.29) is 11.9 Å². The average molecular weight is 417 g/mol. The maximum absolute atomic E-state index is 13.2. The predicted octanol–water partition coefficient (Wildman–Crippen LogP) is 3.81. The number of carbonyl (C=O) groups excluding carboxylic acids is 1. The zero-order valence-electron chi connectivity index (χ0n) is 15.1. The minimum Gasteiger partial charge on any atom is -0.379 e. The minimum atomic E-state index is 0.0714. The van der Waals surface area contributed by atoms with Gasteiger partial charge in [-0.1, -0.05) is 46.3 Å². The van der Waals surface area contributed by atoms with Gasteiger partial charge in [0.15, 0.2) is 0 Å². The van der Waals surface area contributed by atoms with Gasteiger partial charge in [0.05, 0.1) is 13.2 Å². The third-order valence-corrected chi connectivity index (χ3v) is 5.23. The highest BCUT2D eigenvalue weighted by atomic mass is 79.9. The van der Waals surface area contributed by atoms with Crippen molar-refractivity contribution in [3.63, 3.8) is 0 Å². The summed E-state index contributed by atoms with van der Waals surface area (Å²) in [5.41, 5.74) is 1.87. The topological polar surface area (TPSA) is 32.8 Å². The Bertz CT molecular complexity index is 700. The van der Waals surface area contributed by atoms with Crippen molar-refractivity contribution >= 4 is 21.8 Å². The van der Waals surface area contributed by atoms with Crippen LogP contribution in [0.15, 0.2) is 59.1 Å². The van der Waals surface area contributed by atoms with Crippen LogP contribution in [0.2, 0.25) is 0 Å². The maximum atomic E-state index is 13.2. The number of amides is 1. The molecule has 1 aliphatic rings. The van der Waals surface area contributed by atoms with E-state index in [0.29, 0.717) is 6.54 Å². The first-order valence-electron chi connectivity index (χ1n) is 9.04. The predicted molar refractivity (Wildman–Crippen MR) is 107 cm³/mol. The number of rotatable bonds is 6. The first kappa shape index (κ1) is 19.1. The lowest BCUT2D eigenvalue weighted by Crippen LogP contribution is -2.47. The summed E-state index contributed by atoms with van der Waals surface area (Å²) in [7, 11) is 0. The summed E-state index contributed by atoms with van der Waals surface area (Å²) in [5, 5.41) is 0. The summed E-state index contributed by atoms with van der Waals surface area (Å²) in [6.45, 7) is 7.00. The molecule has 1 fully saturated rings. The second-order valence-electron chi connectivity index (χ2n) is 6.69. The third-order valence-electron chi connectivity index (χ3n) is 4.71. The van der Waals surface area contributed by atoms with Gasteiger partial charge in [-0.25, -0.2) is 0 Å². The van der Waals surface area contributed by atoms with Gasteiger partial charge in [-0.15, -0.1) is 0 Å². The van der Waals surface area contributed by atoms with Crippen molar-refractivity contribution in [3.05, 3.63) is 70.2 Å². The number of hydrogen-bond donors (Lipinski definition) is 0. The Morgan fingerprint density at radius 2 is 1.77 bits per heavy atom. The van der Waals surface area contributed by atoms with E-state index < -0.39 is 0 Å². The normalized spacial score (nSPS) is 16.2. The third kappa shape index (κ3) is 5.16. The number of benzene rings is 2. The molecule has 1 heterocycles. The van der Waals surface area contributed by atoms with Crippen LogP contribution in [-0.4, -0.2) is 54.6 Å². The van der Waals surface area contributed by atoms with Gasteiger partial charge in [-0.2, -0.15) is 0 Å². The van der Waals surface area contributed by atoms with Gasteiger partial charge in [0, 0.05) is 42.3 Å². The molecule has 0 N–H and O–H groups in total. The van der Waals surface area contributed by atoms with Gasteiger partial charge in [0.2, 0.25) is 0 Å². The number of ether oxygens (including phenoxy) is 1. The summed E-state index contributed by atoms with van der Waals surface area (Å²) < 4.78 is 6.42. The number of nitrogens with zero attached hydrogens (tertiary/aromatic N) is 2. The molecule has 1 aliphatic heterocycles. The SMILES string of the molecule is CC(CN1CCOCC1)N(Cc1ccccc1)C(=O)c1ccc(Br)cc1. The maximum Gasteiger partial charge on any atom is 0.254 e. The summed E-state index contributed by atoms with van der Waals surface area (Å²) in [4.78, 5) is 17.6. The van der Waals surface area contributed by atoms with E-state index in [9.17, 15) is 4.79 Å². The van der Waals surface area contributed by atoms with Crippen molar-refractivity contribution in [2.24, 2.45) is 0 Å². The van der Waals surface area contributed by atoms with Crippen LogP contribution in [0, 0.1) is 0 Å². The molecule has 0 aromatic heterocycles. The Balaban J connectivity index is 1.77. The summed E-state index contributed by atoms with van der Waals surface area (Å²) in [6.07, 6.45) is 0. The summed E-state index contributed by atoms with van der Waals surface area (Å²) in [5.74, 6) is 0.0714. The first-order valence-corrected chi connectivity index (χ1v) is 9.83. The van der Waals surface area contributed by atoms with Crippen LogP contribution in [0.4, 0.5) is 0 Å². The van der Waals surface area contributed by atoms with E-state index in [1.165, 1.54) is 0 Å². The molecule has 0 radical (unpaired) electrons. The molecule has 0 spiro atoms. The molecular formula is C21H25BrN2O2. The molecule has 2 aromatic rings. The molecule has 0 saturated carbocycles. The molecule has 2 aromatic carbocycles. The van der Waals surface area contributed by atoms with E-state index >= 15 is 0 Å². The number of carbonyl (C=O) groups is 1. The monoisotopic (exact) mass is 416 g/mol. The molecule has 26 heavy (non-hydrogen) atoms. The van der Waals surface area contributed by atoms with Crippen LogP contribution in [-0.2, 0) is 11.3 Å². The Morgan fingerprint density at radius 1 is 1.12 bits per heavy atom. The molecule has 1 unspecified atom stereocenters. The zero-order valence-corrected chi connectivity index (χ0v) is 16.7. The minimum absolute atomic E-state index is 0.0714. The van der Waals surface area contributed by atoms with Crippen LogP contribution in [0.1, 0.15) is 22.8 Å². The van der Waals surface area contributed by atoms with Crippen molar-refractivity contribution in [2.75, 3.05) is 32.8 Å². The van der Waals surface area contributed by atoms with Crippen LogP contribution in [0.25, 0.3) is 0 Å². The second kappa shape index (κ2) is 9.31. The lowest BCUT2D eigenvalue weighted by atomic mass is 10.1. The highest BCUT2D eigenvalue weighted by molar-refractivity contribution is 9.10. The molecule has 5 heteroatoms. The van der Waals surface area contributed by atoms with E-state index in [0.717, 1.165) is 48.4 Å². The van der Waals surface area contributed by atoms with Gasteiger partial charge >= 0.3 is 0 Å². The summed E-state index contributed by atoms with van der Waals surface area (Å²) >= 11 is 3.44. The quantitative estimate of drug-likeness (QED) is 0.717. The lowest BCUT2D eigenvalue weighted by molar-refractivity contribution is 0.0228. The van der Waals surface area contributed by atoms with Gasteiger partial charge in [0.25, 0.3) is 5.91 Å². The molecule has 1 saturated heterocycles. The standard InChI is InChI=1S/C21H25BrN2O2/c1-17(15-23-11-13-26-14-12-23)24(16-18-5-3-2-4-6-18)21(25)19-7-9-20(22)10-8-19/h2-10,17H,11-16H2,1H3. The van der Waals surface area contributed by atoms with Crippen LogP contribution in [0.5, 0.6) is 0 Å². The molecule has 138 valence electrons. The second-order valence-corrected chi connectivity index (χ2v) is 7.60. The fourth-order valence-electron chi connectivity index (χ4n) is 3.22. The van der Waals surface area contributed by atoms with E-state index in [4.69, 9.17) is 4.74 Å². The molecule has 3 rings (SSSR count). The average Bonchev–Trinajstić information content (AvgIpc) is 2.68. The number of halogens is 1. The Morgan fingerprint density at radius 3 is 2.42 bits per heavy atom. The first-order chi connectivity index (χ1) is 12.6. The molecule has 0 bridgehead atoms. The largest absolute Gasteiger partial charge is 0.379 e. The fourth-order valence-corrected chi connectivity index (χ4v) is 3.49. The molecule has 1 amide bonds. The molecule has 4 nitrogen and oxygen atoms in total. The smallest absolute Gasteiger partial charge is 0.254 e. The zero-order chi connectivity index (χ0) is 18.4. The lowest BCUT2D eigenvalue weighted by Gasteiger charge is -2.35. The van der Waals surface area contributed by atoms with E-state index in [1.807, 2.05) is 47.4 Å². The van der Waals surface area contributed by atoms with Gasteiger partial charge in [-0.3, -0.25) is 9.69 Å². The van der Waals surface area contributed by atoms with E-state index in [1.54, 1.807) is 0 Å². The summed E-state index contributed by atoms with van der Waals surface area (Å²) in [6, 6.07) is 17.9. The van der Waals surface area contributed by atoms with Crippen molar-refractivity contribution in [3.8, 4) is 0 Å². The molecule has 1 atom stereocenters. The van der Waals surface area contributed by atoms with Crippen LogP contribution >= 0.6 is 15.9 Å². The fraction of sp³-hybridized carbons (Fsp3) is 0.381. The molecular weight excluding hydrogens is 392 g/mol. The Kier molecular flexibility index (Phi) is 6.83. The highest BCUT2D eigenvalue weighted by Crippen LogP contribution is 2.17. The van der Waals surface area contributed by atoms with E-state index in [2.05, 4.69) is 39.9 Å². The Labute approximate surface area is 163 Å². The number of morpholine rings is 1. The van der Waals surface area contributed by atoms with Crippen molar-refractivity contribution in [1.29, 1.82) is 0 Å².